The number of anilines is 1. The highest BCUT2D eigenvalue weighted by atomic mass is 32.1. The summed E-state index contributed by atoms with van der Waals surface area (Å²) in [6.45, 7) is 6.61. The summed E-state index contributed by atoms with van der Waals surface area (Å²) in [4.78, 5) is 21.3. The third kappa shape index (κ3) is 3.31. The Morgan fingerprint density at radius 2 is 2.24 bits per heavy atom. The number of nitrogens with zero attached hydrogens (tertiary/aromatic N) is 4. The summed E-state index contributed by atoms with van der Waals surface area (Å²) in [5.74, 6) is 1.15. The predicted octanol–water partition coefficient (Wildman–Crippen LogP) is 3.57. The fraction of sp³-hybridized carbons (Fsp3) is 0.611. The fourth-order valence-corrected chi connectivity index (χ4v) is 5.45. The van der Waals surface area contributed by atoms with Gasteiger partial charge in [0.05, 0.1) is 0 Å². The molecule has 4 rings (SSSR count). The van der Waals surface area contributed by atoms with E-state index in [1.165, 1.54) is 17.1 Å². The molecule has 25 heavy (non-hydrogen) atoms. The average Bonchev–Trinajstić information content (AvgIpc) is 3.04. The Morgan fingerprint density at radius 1 is 1.44 bits per heavy atom. The molecule has 0 unspecified atom stereocenters. The molecule has 2 aliphatic rings. The van der Waals surface area contributed by atoms with Gasteiger partial charge in [-0.15, -0.1) is 0 Å². The van der Waals surface area contributed by atoms with Gasteiger partial charge in [0.25, 0.3) is 0 Å². The smallest absolute Gasteiger partial charge is 0.220 e. The zero-order valence-corrected chi connectivity index (χ0v) is 16.4. The van der Waals surface area contributed by atoms with Crippen molar-refractivity contribution in [3.63, 3.8) is 0 Å². The molecule has 1 saturated carbocycles. The van der Waals surface area contributed by atoms with Gasteiger partial charge in [-0.2, -0.15) is 15.7 Å². The van der Waals surface area contributed by atoms with Crippen molar-refractivity contribution in [1.82, 2.24) is 14.3 Å². The summed E-state index contributed by atoms with van der Waals surface area (Å²) in [6, 6.07) is 2.53. The third-order valence-corrected chi connectivity index (χ3v) is 7.21. The molecule has 2 aromatic rings. The van der Waals surface area contributed by atoms with E-state index in [1.54, 1.807) is 18.3 Å². The molecule has 3 heterocycles. The van der Waals surface area contributed by atoms with Gasteiger partial charge in [-0.1, -0.05) is 6.92 Å². The summed E-state index contributed by atoms with van der Waals surface area (Å²) < 4.78 is 4.41. The van der Waals surface area contributed by atoms with E-state index in [2.05, 4.69) is 42.9 Å². The van der Waals surface area contributed by atoms with Crippen LogP contribution in [-0.2, 0) is 17.8 Å². The van der Waals surface area contributed by atoms with Crippen LogP contribution in [0, 0.1) is 5.41 Å². The number of thiophene rings is 1. The average molecular weight is 377 g/mol. The Kier molecular flexibility index (Phi) is 4.54. The molecular formula is C18H24N4OS2. The Labute approximate surface area is 156 Å². The lowest BCUT2D eigenvalue weighted by molar-refractivity contribution is -0.130. The van der Waals surface area contributed by atoms with Crippen LogP contribution in [0.15, 0.2) is 16.8 Å². The maximum absolute atomic E-state index is 12.2. The number of hydrogen-bond donors (Lipinski definition) is 0. The molecule has 5 nitrogen and oxygen atoms in total. The lowest BCUT2D eigenvalue weighted by atomic mass is 9.92. The molecule has 1 amide bonds. The monoisotopic (exact) mass is 376 g/mol. The standard InChI is InChI=1S/C18H24N4OS2/c1-3-16-19-17(25-20-16)21-7-5-18(6-8-21)10-15(18)22(13(2)23)11-14-4-9-24-12-14/h4,9,12,15H,3,5-8,10-11H2,1-2H3/t15-/m1/s1. The number of piperidine rings is 1. The first-order chi connectivity index (χ1) is 12.1. The van der Waals surface area contributed by atoms with E-state index in [9.17, 15) is 4.79 Å². The Balaban J connectivity index is 1.39. The van der Waals surface area contributed by atoms with Crippen LogP contribution in [0.3, 0.4) is 0 Å². The van der Waals surface area contributed by atoms with Crippen LogP contribution in [0.2, 0.25) is 0 Å². The van der Waals surface area contributed by atoms with Crippen LogP contribution in [-0.4, -0.2) is 39.3 Å². The summed E-state index contributed by atoms with van der Waals surface area (Å²) >= 11 is 3.22. The zero-order chi connectivity index (χ0) is 17.4. The molecule has 134 valence electrons. The van der Waals surface area contributed by atoms with Crippen molar-refractivity contribution >= 4 is 33.9 Å². The van der Waals surface area contributed by atoms with Gasteiger partial charge in [-0.05, 0) is 47.1 Å². The van der Waals surface area contributed by atoms with Crippen LogP contribution in [0.4, 0.5) is 5.13 Å². The van der Waals surface area contributed by atoms with Crippen molar-refractivity contribution in [2.75, 3.05) is 18.0 Å². The van der Waals surface area contributed by atoms with Gasteiger partial charge in [0.15, 0.2) is 0 Å². The van der Waals surface area contributed by atoms with Crippen LogP contribution >= 0.6 is 22.9 Å². The number of aromatic nitrogens is 2. The van der Waals surface area contributed by atoms with Gasteiger partial charge < -0.3 is 9.80 Å². The van der Waals surface area contributed by atoms with E-state index in [4.69, 9.17) is 0 Å². The van der Waals surface area contributed by atoms with Crippen LogP contribution in [0.25, 0.3) is 0 Å². The van der Waals surface area contributed by atoms with Crippen molar-refractivity contribution in [3.05, 3.63) is 28.2 Å². The molecule has 1 atom stereocenters. The van der Waals surface area contributed by atoms with Crippen molar-refractivity contribution in [2.24, 2.45) is 5.41 Å². The van der Waals surface area contributed by atoms with Gasteiger partial charge in [0, 0.05) is 50.6 Å². The lowest BCUT2D eigenvalue weighted by Gasteiger charge is -2.34. The minimum Gasteiger partial charge on any atom is -0.347 e. The van der Waals surface area contributed by atoms with Crippen LogP contribution < -0.4 is 4.90 Å². The molecule has 0 aromatic carbocycles. The highest BCUT2D eigenvalue weighted by molar-refractivity contribution is 7.09. The maximum Gasteiger partial charge on any atom is 0.220 e. The second-order valence-corrected chi connectivity index (χ2v) is 8.70. The van der Waals surface area contributed by atoms with E-state index < -0.39 is 0 Å². The normalized spacial score (nSPS) is 21.5. The summed E-state index contributed by atoms with van der Waals surface area (Å²) in [5, 5.41) is 5.29. The number of aryl methyl sites for hydroxylation is 1. The van der Waals surface area contributed by atoms with Gasteiger partial charge >= 0.3 is 0 Å². The van der Waals surface area contributed by atoms with E-state index in [-0.39, 0.29) is 5.91 Å². The number of carbonyl (C=O) groups is 1. The van der Waals surface area contributed by atoms with Gasteiger partial charge in [0.2, 0.25) is 11.0 Å². The molecule has 1 spiro atoms. The molecule has 7 heteroatoms. The van der Waals surface area contributed by atoms with Crippen molar-refractivity contribution in [1.29, 1.82) is 0 Å². The predicted molar refractivity (Wildman–Crippen MR) is 102 cm³/mol. The highest BCUT2D eigenvalue weighted by Gasteiger charge is 2.58. The van der Waals surface area contributed by atoms with Crippen molar-refractivity contribution < 1.29 is 4.79 Å². The number of rotatable bonds is 5. The first-order valence-corrected chi connectivity index (χ1v) is 10.7. The topological polar surface area (TPSA) is 49.3 Å². The Hall–Kier alpha value is -1.47. The molecule has 1 saturated heterocycles. The number of carbonyl (C=O) groups excluding carboxylic acids is 1. The SMILES string of the molecule is CCc1nsc(N2CCC3(CC2)C[C@H]3N(Cc2ccsc2)C(C)=O)n1. The third-order valence-electron chi connectivity index (χ3n) is 5.66. The molecule has 1 aliphatic carbocycles. The minimum absolute atomic E-state index is 0.201. The molecule has 0 bridgehead atoms. The Bertz CT molecular complexity index is 734. The van der Waals surface area contributed by atoms with Gasteiger partial charge in [-0.3, -0.25) is 4.79 Å². The van der Waals surface area contributed by atoms with E-state index >= 15 is 0 Å². The fourth-order valence-electron chi connectivity index (χ4n) is 3.98. The Morgan fingerprint density at radius 3 is 2.84 bits per heavy atom. The first kappa shape index (κ1) is 17.0. The molecular weight excluding hydrogens is 352 g/mol. The summed E-state index contributed by atoms with van der Waals surface area (Å²) in [5.41, 5.74) is 1.58. The molecule has 0 N–H and O–H groups in total. The molecule has 2 fully saturated rings. The van der Waals surface area contributed by atoms with Crippen LogP contribution in [0.1, 0.15) is 44.5 Å². The lowest BCUT2D eigenvalue weighted by Crippen LogP contribution is -2.40. The number of amides is 1. The maximum atomic E-state index is 12.2. The molecule has 0 radical (unpaired) electrons. The van der Waals surface area contributed by atoms with Crippen molar-refractivity contribution in [2.45, 2.75) is 52.1 Å². The van der Waals surface area contributed by atoms with Crippen molar-refractivity contribution in [3.8, 4) is 0 Å². The van der Waals surface area contributed by atoms with Gasteiger partial charge in [-0.25, -0.2) is 4.98 Å². The molecule has 2 aromatic heterocycles. The largest absolute Gasteiger partial charge is 0.347 e. The van der Waals surface area contributed by atoms with E-state index in [0.717, 1.165) is 56.3 Å². The second-order valence-electron chi connectivity index (χ2n) is 7.19. The first-order valence-electron chi connectivity index (χ1n) is 8.97. The van der Waals surface area contributed by atoms with Gasteiger partial charge in [0.1, 0.15) is 5.82 Å². The minimum atomic E-state index is 0.201. The highest BCUT2D eigenvalue weighted by Crippen LogP contribution is 2.57. The summed E-state index contributed by atoms with van der Waals surface area (Å²) in [6.07, 6.45) is 4.34. The van der Waals surface area contributed by atoms with Crippen LogP contribution in [0.5, 0.6) is 0 Å². The molecule has 1 aliphatic heterocycles. The number of hydrogen-bond acceptors (Lipinski definition) is 6. The zero-order valence-electron chi connectivity index (χ0n) is 14.8. The second kappa shape index (κ2) is 6.68. The summed E-state index contributed by atoms with van der Waals surface area (Å²) in [7, 11) is 0. The quantitative estimate of drug-likeness (QED) is 0.800. The van der Waals surface area contributed by atoms with E-state index in [0.29, 0.717) is 11.5 Å². The van der Waals surface area contributed by atoms with E-state index in [1.807, 2.05) is 0 Å².